The number of aliphatic hydroxyl groups excluding tert-OH is 1. The highest BCUT2D eigenvalue weighted by atomic mass is 16.6. The predicted octanol–water partition coefficient (Wildman–Crippen LogP) is 3.36. The van der Waals surface area contributed by atoms with Gasteiger partial charge in [0.25, 0.3) is 0 Å². The minimum Gasteiger partial charge on any atom is -0.460 e. The Morgan fingerprint density at radius 2 is 1.64 bits per heavy atom. The average molecular weight is 292 g/mol. The topological polar surface area (TPSA) is 59.7 Å². The van der Waals surface area contributed by atoms with Gasteiger partial charge < -0.3 is 14.3 Å². The Bertz CT molecular complexity index is 896. The first-order valence-corrected chi connectivity index (χ1v) is 6.91. The molecule has 1 N–H and O–H groups in total. The van der Waals surface area contributed by atoms with Crippen LogP contribution in [0.25, 0.3) is 22.5 Å². The molecule has 4 nitrogen and oxygen atoms in total. The third-order valence-electron chi connectivity index (χ3n) is 3.70. The Kier molecular flexibility index (Phi) is 2.84. The van der Waals surface area contributed by atoms with E-state index in [-0.39, 0.29) is 0 Å². The number of ether oxygens (including phenoxy) is 1. The van der Waals surface area contributed by atoms with E-state index in [1.807, 2.05) is 36.4 Å². The predicted molar refractivity (Wildman–Crippen MR) is 81.4 cm³/mol. The Balaban J connectivity index is 1.97. The fourth-order valence-electron chi connectivity index (χ4n) is 2.64. The number of aliphatic hydroxyl groups is 1. The first-order valence-electron chi connectivity index (χ1n) is 6.91. The molecule has 0 fully saturated rings. The summed E-state index contributed by atoms with van der Waals surface area (Å²) in [7, 11) is 0. The molecule has 1 aliphatic heterocycles. The van der Waals surface area contributed by atoms with Gasteiger partial charge in [0.2, 0.25) is 6.29 Å². The van der Waals surface area contributed by atoms with Crippen molar-refractivity contribution in [3.05, 3.63) is 76.6 Å². The molecular weight excluding hydrogens is 280 g/mol. The van der Waals surface area contributed by atoms with Crippen LogP contribution in [0.1, 0.15) is 11.9 Å². The Morgan fingerprint density at radius 1 is 0.909 bits per heavy atom. The summed E-state index contributed by atoms with van der Waals surface area (Å²) in [5.74, 6) is 0.858. The van der Waals surface area contributed by atoms with Crippen molar-refractivity contribution in [1.82, 2.24) is 0 Å². The number of para-hydroxylation sites is 1. The second-order valence-electron chi connectivity index (χ2n) is 5.06. The van der Waals surface area contributed by atoms with Crippen molar-refractivity contribution in [2.75, 3.05) is 0 Å². The highest BCUT2D eigenvalue weighted by Gasteiger charge is 2.28. The zero-order valence-electron chi connectivity index (χ0n) is 11.5. The third kappa shape index (κ3) is 1.93. The maximum atomic E-state index is 12.3. The van der Waals surface area contributed by atoms with Crippen LogP contribution < -0.4 is 10.4 Å². The highest BCUT2D eigenvalue weighted by Crippen LogP contribution is 2.41. The minimum atomic E-state index is -1.16. The summed E-state index contributed by atoms with van der Waals surface area (Å²) in [5.41, 5.74) is 1.83. The molecule has 4 heteroatoms. The van der Waals surface area contributed by atoms with Crippen LogP contribution in [0, 0.1) is 0 Å². The van der Waals surface area contributed by atoms with Gasteiger partial charge in [-0.2, -0.15) is 0 Å². The van der Waals surface area contributed by atoms with Crippen molar-refractivity contribution in [1.29, 1.82) is 0 Å². The van der Waals surface area contributed by atoms with Gasteiger partial charge in [0.05, 0.1) is 16.7 Å². The van der Waals surface area contributed by atoms with Crippen molar-refractivity contribution >= 4 is 0 Å². The number of benzene rings is 2. The van der Waals surface area contributed by atoms with Gasteiger partial charge in [0.1, 0.15) is 5.75 Å². The quantitative estimate of drug-likeness (QED) is 0.747. The van der Waals surface area contributed by atoms with Crippen LogP contribution in [-0.2, 0) is 0 Å². The Labute approximate surface area is 126 Å². The van der Waals surface area contributed by atoms with Crippen LogP contribution in [0.2, 0.25) is 0 Å². The zero-order chi connectivity index (χ0) is 15.1. The third-order valence-corrected chi connectivity index (χ3v) is 3.70. The van der Waals surface area contributed by atoms with Crippen molar-refractivity contribution in [3.63, 3.8) is 0 Å². The molecule has 0 amide bonds. The molecule has 0 spiro atoms. The molecule has 0 aliphatic carbocycles. The van der Waals surface area contributed by atoms with Crippen LogP contribution in [0.4, 0.5) is 0 Å². The van der Waals surface area contributed by atoms with Crippen LogP contribution in [0.15, 0.2) is 69.9 Å². The Morgan fingerprint density at radius 3 is 2.45 bits per heavy atom. The number of hydrogen-bond acceptors (Lipinski definition) is 4. The van der Waals surface area contributed by atoms with Gasteiger partial charge in [0, 0.05) is 0 Å². The normalized spacial score (nSPS) is 15.6. The molecule has 0 saturated carbocycles. The van der Waals surface area contributed by atoms with E-state index in [9.17, 15) is 9.90 Å². The smallest absolute Gasteiger partial charge is 0.344 e. The van der Waals surface area contributed by atoms with Gasteiger partial charge in [-0.15, -0.1) is 0 Å². The monoisotopic (exact) mass is 292 g/mol. The van der Waals surface area contributed by atoms with Crippen LogP contribution in [-0.4, -0.2) is 5.11 Å². The molecule has 0 saturated heterocycles. The highest BCUT2D eigenvalue weighted by molar-refractivity contribution is 5.73. The minimum absolute atomic E-state index is 0.360. The lowest BCUT2D eigenvalue weighted by molar-refractivity contribution is -0.0231. The van der Waals surface area contributed by atoms with Crippen LogP contribution in [0.5, 0.6) is 5.75 Å². The van der Waals surface area contributed by atoms with E-state index in [1.165, 1.54) is 0 Å². The number of hydrogen-bond donors (Lipinski definition) is 1. The molecule has 22 heavy (non-hydrogen) atoms. The van der Waals surface area contributed by atoms with Crippen molar-refractivity contribution < 1.29 is 14.3 Å². The van der Waals surface area contributed by atoms with Gasteiger partial charge in [0.15, 0.2) is 5.76 Å². The summed E-state index contributed by atoms with van der Waals surface area (Å²) in [6.07, 6.45) is -1.16. The number of rotatable bonds is 1. The van der Waals surface area contributed by atoms with Gasteiger partial charge in [-0.25, -0.2) is 4.79 Å². The van der Waals surface area contributed by atoms with E-state index in [1.54, 1.807) is 24.3 Å². The van der Waals surface area contributed by atoms with E-state index in [2.05, 4.69) is 0 Å². The summed E-state index contributed by atoms with van der Waals surface area (Å²) in [5, 5.41) is 10.2. The molecule has 108 valence electrons. The maximum absolute atomic E-state index is 12.3. The summed E-state index contributed by atoms with van der Waals surface area (Å²) >= 11 is 0. The van der Waals surface area contributed by atoms with E-state index in [0.717, 1.165) is 5.56 Å². The fraction of sp³-hybridized carbons (Fsp3) is 0.0556. The summed E-state index contributed by atoms with van der Waals surface area (Å²) in [4.78, 5) is 12.3. The van der Waals surface area contributed by atoms with Gasteiger partial charge >= 0.3 is 5.63 Å². The average Bonchev–Trinajstić information content (AvgIpc) is 2.55. The molecule has 4 rings (SSSR count). The van der Waals surface area contributed by atoms with E-state index < -0.39 is 11.9 Å². The molecule has 0 bridgehead atoms. The van der Waals surface area contributed by atoms with Crippen LogP contribution >= 0.6 is 0 Å². The molecular formula is C18H12O4. The standard InChI is InChI=1S/C18H12O4/c19-17-13(11-6-2-1-3-7-11)10-14-16(22-17)12-8-4-5-9-15(12)21-18(14)20/h1-10,18,20H. The molecule has 2 heterocycles. The van der Waals surface area contributed by atoms with Gasteiger partial charge in [-0.3, -0.25) is 0 Å². The molecule has 1 unspecified atom stereocenters. The SMILES string of the molecule is O=c1oc2c(cc1-c1ccccc1)C(O)Oc1ccccc1-2. The van der Waals surface area contributed by atoms with E-state index >= 15 is 0 Å². The van der Waals surface area contributed by atoms with Gasteiger partial charge in [-0.1, -0.05) is 42.5 Å². The lowest BCUT2D eigenvalue weighted by Crippen LogP contribution is -2.16. The van der Waals surface area contributed by atoms with Crippen molar-refractivity contribution in [2.24, 2.45) is 0 Å². The molecule has 1 atom stereocenters. The van der Waals surface area contributed by atoms with E-state index in [4.69, 9.17) is 9.15 Å². The van der Waals surface area contributed by atoms with Crippen molar-refractivity contribution in [3.8, 4) is 28.2 Å². The second-order valence-corrected chi connectivity index (χ2v) is 5.06. The largest absolute Gasteiger partial charge is 0.460 e. The Hall–Kier alpha value is -2.85. The maximum Gasteiger partial charge on any atom is 0.344 e. The van der Waals surface area contributed by atoms with E-state index in [0.29, 0.717) is 28.2 Å². The second kappa shape index (κ2) is 4.86. The summed E-state index contributed by atoms with van der Waals surface area (Å²) in [6.45, 7) is 0. The molecule has 1 aromatic heterocycles. The lowest BCUT2D eigenvalue weighted by atomic mass is 9.99. The molecule has 2 aromatic carbocycles. The fourth-order valence-corrected chi connectivity index (χ4v) is 2.64. The molecule has 3 aromatic rings. The summed E-state index contributed by atoms with van der Waals surface area (Å²) in [6, 6.07) is 18.0. The lowest BCUT2D eigenvalue weighted by Gasteiger charge is -2.23. The van der Waals surface area contributed by atoms with Crippen LogP contribution in [0.3, 0.4) is 0 Å². The summed E-state index contributed by atoms with van der Waals surface area (Å²) < 4.78 is 11.0. The number of fused-ring (bicyclic) bond motifs is 3. The van der Waals surface area contributed by atoms with Gasteiger partial charge in [-0.05, 0) is 23.8 Å². The zero-order valence-corrected chi connectivity index (χ0v) is 11.5. The molecule has 0 radical (unpaired) electrons. The first-order chi connectivity index (χ1) is 10.7. The molecule has 1 aliphatic rings. The van der Waals surface area contributed by atoms with Crippen molar-refractivity contribution in [2.45, 2.75) is 6.29 Å². The first kappa shape index (κ1) is 12.9.